The van der Waals surface area contributed by atoms with Gasteiger partial charge in [0.2, 0.25) is 5.95 Å². The average molecular weight is 179 g/mol. The van der Waals surface area contributed by atoms with Gasteiger partial charge in [0.25, 0.3) is 0 Å². The van der Waals surface area contributed by atoms with Crippen molar-refractivity contribution in [3.63, 3.8) is 0 Å². The SMILES string of the molecule is Nc1cnoc1-c1ccc(F)nc1. The molecule has 0 unspecified atom stereocenters. The van der Waals surface area contributed by atoms with Gasteiger partial charge >= 0.3 is 0 Å². The Labute approximate surface area is 73.2 Å². The van der Waals surface area contributed by atoms with E-state index >= 15 is 0 Å². The fourth-order valence-electron chi connectivity index (χ4n) is 0.977. The molecule has 2 N–H and O–H groups in total. The highest BCUT2D eigenvalue weighted by Gasteiger charge is 2.07. The predicted octanol–water partition coefficient (Wildman–Crippen LogP) is 1.46. The Morgan fingerprint density at radius 1 is 1.31 bits per heavy atom. The number of rotatable bonds is 1. The molecule has 0 saturated carbocycles. The molecule has 0 aliphatic rings. The van der Waals surface area contributed by atoms with Gasteiger partial charge < -0.3 is 10.3 Å². The standard InChI is InChI=1S/C8H6FN3O/c9-7-2-1-5(3-11-7)8-6(10)4-12-13-8/h1-4H,10H2. The fraction of sp³-hybridized carbons (Fsp3) is 0. The van der Waals surface area contributed by atoms with Crippen molar-refractivity contribution in [1.82, 2.24) is 10.1 Å². The summed E-state index contributed by atoms with van der Waals surface area (Å²) in [7, 11) is 0. The summed E-state index contributed by atoms with van der Waals surface area (Å²) in [5, 5.41) is 3.50. The third kappa shape index (κ3) is 1.35. The Morgan fingerprint density at radius 2 is 2.15 bits per heavy atom. The van der Waals surface area contributed by atoms with Crippen LogP contribution in [0, 0.1) is 5.95 Å². The highest BCUT2D eigenvalue weighted by atomic mass is 19.1. The topological polar surface area (TPSA) is 64.9 Å². The van der Waals surface area contributed by atoms with E-state index in [0.29, 0.717) is 17.0 Å². The van der Waals surface area contributed by atoms with Gasteiger partial charge in [0.1, 0.15) is 5.69 Å². The molecule has 13 heavy (non-hydrogen) atoms. The quantitative estimate of drug-likeness (QED) is 0.673. The largest absolute Gasteiger partial charge is 0.394 e. The van der Waals surface area contributed by atoms with Gasteiger partial charge in [-0.2, -0.15) is 4.39 Å². The minimum Gasteiger partial charge on any atom is -0.394 e. The van der Waals surface area contributed by atoms with Crippen LogP contribution in [0.25, 0.3) is 11.3 Å². The molecule has 0 atom stereocenters. The first-order valence-electron chi connectivity index (χ1n) is 3.59. The third-order valence-corrected chi connectivity index (χ3v) is 1.59. The molecule has 0 saturated heterocycles. The number of pyridine rings is 1. The molecule has 0 spiro atoms. The minimum absolute atomic E-state index is 0.410. The highest BCUT2D eigenvalue weighted by molar-refractivity contribution is 5.68. The Kier molecular flexibility index (Phi) is 1.70. The zero-order valence-electron chi connectivity index (χ0n) is 6.57. The lowest BCUT2D eigenvalue weighted by Gasteiger charge is -1.94. The van der Waals surface area contributed by atoms with Crippen LogP contribution in [0.15, 0.2) is 29.0 Å². The maximum atomic E-state index is 12.4. The van der Waals surface area contributed by atoms with Crippen LogP contribution in [0.2, 0.25) is 0 Å². The molecule has 0 radical (unpaired) electrons. The molecule has 2 aromatic heterocycles. The van der Waals surface area contributed by atoms with E-state index in [-0.39, 0.29) is 0 Å². The van der Waals surface area contributed by atoms with Crippen LogP contribution in [0.3, 0.4) is 0 Å². The Bertz CT molecular complexity index is 410. The predicted molar refractivity (Wildman–Crippen MR) is 44.1 cm³/mol. The van der Waals surface area contributed by atoms with Gasteiger partial charge in [-0.15, -0.1) is 0 Å². The molecular formula is C8H6FN3O. The van der Waals surface area contributed by atoms with Gasteiger partial charge in [-0.3, -0.25) is 0 Å². The number of hydrogen-bond acceptors (Lipinski definition) is 4. The Morgan fingerprint density at radius 3 is 2.69 bits per heavy atom. The lowest BCUT2D eigenvalue weighted by molar-refractivity contribution is 0.432. The molecule has 0 bridgehead atoms. The van der Waals surface area contributed by atoms with E-state index in [1.165, 1.54) is 24.5 Å². The van der Waals surface area contributed by atoms with Crippen molar-refractivity contribution in [2.75, 3.05) is 5.73 Å². The van der Waals surface area contributed by atoms with E-state index in [1.807, 2.05) is 0 Å². The Hall–Kier alpha value is -1.91. The smallest absolute Gasteiger partial charge is 0.212 e. The number of nitrogen functional groups attached to an aromatic ring is 1. The maximum Gasteiger partial charge on any atom is 0.212 e. The van der Waals surface area contributed by atoms with Crippen LogP contribution in [0.5, 0.6) is 0 Å². The van der Waals surface area contributed by atoms with Crippen LogP contribution >= 0.6 is 0 Å². The van der Waals surface area contributed by atoms with Gasteiger partial charge in [0, 0.05) is 11.8 Å². The van der Waals surface area contributed by atoms with Crippen molar-refractivity contribution in [3.05, 3.63) is 30.5 Å². The van der Waals surface area contributed by atoms with Crippen LogP contribution in [-0.2, 0) is 0 Å². The van der Waals surface area contributed by atoms with Crippen molar-refractivity contribution >= 4 is 5.69 Å². The van der Waals surface area contributed by atoms with Crippen LogP contribution < -0.4 is 5.73 Å². The number of nitrogens with zero attached hydrogens (tertiary/aromatic N) is 2. The number of anilines is 1. The van der Waals surface area contributed by atoms with Crippen molar-refractivity contribution in [3.8, 4) is 11.3 Å². The summed E-state index contributed by atoms with van der Waals surface area (Å²) in [5.41, 5.74) is 6.55. The first-order valence-corrected chi connectivity index (χ1v) is 3.59. The summed E-state index contributed by atoms with van der Waals surface area (Å²) < 4.78 is 17.3. The van der Waals surface area contributed by atoms with Gasteiger partial charge in [-0.25, -0.2) is 4.98 Å². The second-order valence-electron chi connectivity index (χ2n) is 2.48. The molecule has 4 nitrogen and oxygen atoms in total. The van der Waals surface area contributed by atoms with Crippen molar-refractivity contribution < 1.29 is 8.91 Å². The van der Waals surface area contributed by atoms with Crippen LogP contribution in [0.4, 0.5) is 10.1 Å². The summed E-state index contributed by atoms with van der Waals surface area (Å²) in [6, 6.07) is 2.76. The van der Waals surface area contributed by atoms with Gasteiger partial charge in [-0.1, -0.05) is 5.16 Å². The normalized spacial score (nSPS) is 10.2. The monoisotopic (exact) mass is 179 g/mol. The van der Waals surface area contributed by atoms with Crippen molar-refractivity contribution in [2.45, 2.75) is 0 Å². The lowest BCUT2D eigenvalue weighted by atomic mass is 10.2. The maximum absolute atomic E-state index is 12.4. The highest BCUT2D eigenvalue weighted by Crippen LogP contribution is 2.23. The fourth-order valence-corrected chi connectivity index (χ4v) is 0.977. The van der Waals surface area contributed by atoms with Gasteiger partial charge in [0.05, 0.1) is 6.20 Å². The van der Waals surface area contributed by atoms with Crippen LogP contribution in [0.1, 0.15) is 0 Å². The van der Waals surface area contributed by atoms with E-state index in [2.05, 4.69) is 10.1 Å². The number of aromatic nitrogens is 2. The molecule has 2 rings (SSSR count). The molecule has 0 aliphatic carbocycles. The first kappa shape index (κ1) is 7.72. The average Bonchev–Trinajstić information content (AvgIpc) is 2.53. The van der Waals surface area contributed by atoms with Crippen LogP contribution in [-0.4, -0.2) is 10.1 Å². The summed E-state index contributed by atoms with van der Waals surface area (Å²) in [4.78, 5) is 3.47. The molecule has 2 aromatic rings. The summed E-state index contributed by atoms with van der Waals surface area (Å²) in [5.74, 6) is -0.130. The minimum atomic E-state index is -0.540. The summed E-state index contributed by atoms with van der Waals surface area (Å²) >= 11 is 0. The van der Waals surface area contributed by atoms with Crippen molar-refractivity contribution in [2.24, 2.45) is 0 Å². The molecular weight excluding hydrogens is 173 g/mol. The van der Waals surface area contributed by atoms with E-state index < -0.39 is 5.95 Å². The second kappa shape index (κ2) is 2.85. The Balaban J connectivity index is 2.47. The number of nitrogens with two attached hydrogens (primary N) is 1. The molecule has 0 aromatic carbocycles. The zero-order chi connectivity index (χ0) is 9.26. The number of hydrogen-bond donors (Lipinski definition) is 1. The van der Waals surface area contributed by atoms with Crippen molar-refractivity contribution in [1.29, 1.82) is 0 Å². The second-order valence-corrected chi connectivity index (χ2v) is 2.48. The third-order valence-electron chi connectivity index (χ3n) is 1.59. The molecule has 0 aliphatic heterocycles. The summed E-state index contributed by atoms with van der Waals surface area (Å²) in [6.07, 6.45) is 2.73. The van der Waals surface area contributed by atoms with E-state index in [4.69, 9.17) is 10.3 Å². The first-order chi connectivity index (χ1) is 6.27. The van der Waals surface area contributed by atoms with E-state index in [0.717, 1.165) is 0 Å². The molecule has 66 valence electrons. The molecule has 0 amide bonds. The summed E-state index contributed by atoms with van der Waals surface area (Å²) in [6.45, 7) is 0. The molecule has 0 fully saturated rings. The zero-order valence-corrected chi connectivity index (χ0v) is 6.57. The van der Waals surface area contributed by atoms with Gasteiger partial charge in [-0.05, 0) is 12.1 Å². The molecule has 5 heteroatoms. The van der Waals surface area contributed by atoms with E-state index in [1.54, 1.807) is 0 Å². The molecule has 2 heterocycles. The van der Waals surface area contributed by atoms with Gasteiger partial charge in [0.15, 0.2) is 5.76 Å². The van der Waals surface area contributed by atoms with E-state index in [9.17, 15) is 4.39 Å². The number of halogens is 1. The lowest BCUT2D eigenvalue weighted by Crippen LogP contribution is -1.86.